The van der Waals surface area contributed by atoms with E-state index in [-0.39, 0.29) is 0 Å². The highest BCUT2D eigenvalue weighted by Crippen LogP contribution is 2.32. The van der Waals surface area contributed by atoms with Crippen molar-refractivity contribution in [3.63, 3.8) is 0 Å². The molecule has 0 saturated heterocycles. The summed E-state index contributed by atoms with van der Waals surface area (Å²) >= 11 is 0. The SMILES string of the molecule is CC(=C\C=C(/C)n1c2ccccc2c2ccccc21)/C(C)=C/C=C(\C)n1c2ccccc2c2ccccc21. The van der Waals surface area contributed by atoms with Gasteiger partial charge in [-0.1, -0.05) is 84.9 Å². The Kier molecular flexibility index (Phi) is 6.09. The van der Waals surface area contributed by atoms with E-state index in [2.05, 4.69) is 158 Å². The average Bonchev–Trinajstić information content (AvgIpc) is 3.47. The van der Waals surface area contributed by atoms with Gasteiger partial charge in [-0.15, -0.1) is 0 Å². The Morgan fingerprint density at radius 1 is 0.395 bits per heavy atom. The minimum atomic E-state index is 1.20. The third-order valence-electron chi connectivity index (χ3n) is 7.64. The molecule has 0 unspecified atom stereocenters. The van der Waals surface area contributed by atoms with Crippen LogP contribution in [0.15, 0.2) is 133 Å². The number of allylic oxidation sites excluding steroid dienone is 8. The second-order valence-corrected chi connectivity index (χ2v) is 10.1. The van der Waals surface area contributed by atoms with E-state index in [4.69, 9.17) is 0 Å². The summed E-state index contributed by atoms with van der Waals surface area (Å²) in [6, 6.07) is 34.6. The Morgan fingerprint density at radius 3 is 0.947 bits per heavy atom. The normalized spacial score (nSPS) is 13.9. The number of aromatic nitrogens is 2. The summed E-state index contributed by atoms with van der Waals surface area (Å²) in [6.45, 7) is 8.75. The van der Waals surface area contributed by atoms with Crippen LogP contribution in [0.2, 0.25) is 0 Å². The van der Waals surface area contributed by atoms with Crippen LogP contribution in [-0.4, -0.2) is 9.13 Å². The van der Waals surface area contributed by atoms with Crippen LogP contribution < -0.4 is 0 Å². The monoisotopic (exact) mass is 492 g/mol. The largest absolute Gasteiger partial charge is 0.313 e. The maximum Gasteiger partial charge on any atom is 0.0537 e. The molecule has 2 heterocycles. The predicted molar refractivity (Wildman–Crippen MR) is 166 cm³/mol. The van der Waals surface area contributed by atoms with Gasteiger partial charge in [0.25, 0.3) is 0 Å². The van der Waals surface area contributed by atoms with Crippen LogP contribution in [-0.2, 0) is 0 Å². The second kappa shape index (κ2) is 9.72. The van der Waals surface area contributed by atoms with Gasteiger partial charge in [-0.3, -0.25) is 0 Å². The zero-order valence-corrected chi connectivity index (χ0v) is 22.4. The van der Waals surface area contributed by atoms with Gasteiger partial charge in [-0.25, -0.2) is 0 Å². The van der Waals surface area contributed by atoms with Crippen molar-refractivity contribution in [1.82, 2.24) is 9.13 Å². The van der Waals surface area contributed by atoms with Crippen molar-refractivity contribution in [2.45, 2.75) is 27.7 Å². The van der Waals surface area contributed by atoms with Crippen LogP contribution in [0.25, 0.3) is 55.0 Å². The number of hydrogen-bond donors (Lipinski definition) is 0. The summed E-state index contributed by atoms with van der Waals surface area (Å²) in [6.07, 6.45) is 8.92. The van der Waals surface area contributed by atoms with Gasteiger partial charge in [-0.2, -0.15) is 0 Å². The van der Waals surface area contributed by atoms with Crippen LogP contribution in [0.3, 0.4) is 0 Å². The molecule has 2 aromatic heterocycles. The van der Waals surface area contributed by atoms with E-state index in [9.17, 15) is 0 Å². The van der Waals surface area contributed by atoms with Crippen LogP contribution in [0.4, 0.5) is 0 Å². The molecule has 186 valence electrons. The fourth-order valence-electron chi connectivity index (χ4n) is 5.51. The van der Waals surface area contributed by atoms with Gasteiger partial charge >= 0.3 is 0 Å². The third-order valence-corrected chi connectivity index (χ3v) is 7.64. The van der Waals surface area contributed by atoms with Gasteiger partial charge in [-0.05, 0) is 75.3 Å². The van der Waals surface area contributed by atoms with Crippen molar-refractivity contribution in [2.24, 2.45) is 0 Å². The summed E-state index contributed by atoms with van der Waals surface area (Å²) in [5.74, 6) is 0. The van der Waals surface area contributed by atoms with Gasteiger partial charge in [0.2, 0.25) is 0 Å². The Morgan fingerprint density at radius 2 is 0.658 bits per heavy atom. The van der Waals surface area contributed by atoms with Gasteiger partial charge in [0, 0.05) is 32.9 Å². The van der Waals surface area contributed by atoms with Crippen molar-refractivity contribution < 1.29 is 0 Å². The number of nitrogens with zero attached hydrogens (tertiary/aromatic N) is 2. The predicted octanol–water partition coefficient (Wildman–Crippen LogP) is 10.2. The van der Waals surface area contributed by atoms with Gasteiger partial charge < -0.3 is 9.13 Å². The lowest BCUT2D eigenvalue weighted by molar-refractivity contribution is 1.20. The number of benzene rings is 4. The molecule has 0 amide bonds. The molecule has 38 heavy (non-hydrogen) atoms. The number of hydrogen-bond acceptors (Lipinski definition) is 0. The molecule has 0 atom stereocenters. The maximum absolute atomic E-state index is 2.36. The fraction of sp³-hybridized carbons (Fsp3) is 0.111. The third kappa shape index (κ3) is 3.99. The minimum absolute atomic E-state index is 1.20. The van der Waals surface area contributed by atoms with Crippen LogP contribution >= 0.6 is 0 Å². The molecule has 0 aliphatic carbocycles. The molecule has 6 rings (SSSR count). The molecule has 0 aliphatic rings. The Labute approximate surface area is 224 Å². The highest BCUT2D eigenvalue weighted by atomic mass is 15.0. The first-order chi connectivity index (χ1) is 18.5. The van der Waals surface area contributed by atoms with E-state index < -0.39 is 0 Å². The van der Waals surface area contributed by atoms with Crippen molar-refractivity contribution in [2.75, 3.05) is 0 Å². The molecule has 0 saturated carbocycles. The molecule has 0 radical (unpaired) electrons. The van der Waals surface area contributed by atoms with E-state index >= 15 is 0 Å². The number of rotatable bonds is 5. The zero-order chi connectivity index (χ0) is 26.2. The quantitative estimate of drug-likeness (QED) is 0.212. The van der Waals surface area contributed by atoms with E-state index in [0.717, 1.165) is 0 Å². The Bertz CT molecular complexity index is 1700. The van der Waals surface area contributed by atoms with Crippen molar-refractivity contribution >= 4 is 55.0 Å². The summed E-state index contributed by atoms with van der Waals surface area (Å²) < 4.78 is 4.72. The Balaban J connectivity index is 1.35. The Hall–Kier alpha value is -4.56. The summed E-state index contributed by atoms with van der Waals surface area (Å²) in [5, 5.41) is 5.16. The molecule has 0 fully saturated rings. The number of para-hydroxylation sites is 4. The van der Waals surface area contributed by atoms with E-state index in [1.165, 1.54) is 66.2 Å². The van der Waals surface area contributed by atoms with Crippen LogP contribution in [0, 0.1) is 0 Å². The lowest BCUT2D eigenvalue weighted by atomic mass is 10.1. The molecule has 0 spiro atoms. The summed E-state index contributed by atoms with van der Waals surface area (Å²) in [4.78, 5) is 0. The molecule has 2 heteroatoms. The fourth-order valence-corrected chi connectivity index (χ4v) is 5.51. The topological polar surface area (TPSA) is 9.86 Å². The molecular formula is C36H32N2. The highest BCUT2D eigenvalue weighted by Gasteiger charge is 2.11. The standard InChI is InChI=1S/C36H32N2/c1-25(21-23-27(3)37-33-17-9-5-13-29(33)30-14-6-10-18-34(30)37)26(2)22-24-28(4)38-35-19-11-7-15-31(35)32-16-8-12-20-36(32)38/h5-24H,1-4H3/b25-21+,26-22+,27-23+,28-24+. The zero-order valence-electron chi connectivity index (χ0n) is 22.4. The molecule has 6 aromatic rings. The summed E-state index contributed by atoms with van der Waals surface area (Å²) in [5.41, 5.74) is 9.86. The smallest absolute Gasteiger partial charge is 0.0537 e. The lowest BCUT2D eigenvalue weighted by Crippen LogP contribution is -1.93. The van der Waals surface area contributed by atoms with Gasteiger partial charge in [0.1, 0.15) is 0 Å². The molecule has 0 N–H and O–H groups in total. The molecule has 4 aromatic carbocycles. The maximum atomic E-state index is 2.36. The molecule has 0 aliphatic heterocycles. The lowest BCUT2D eigenvalue weighted by Gasteiger charge is -2.08. The van der Waals surface area contributed by atoms with E-state index in [0.29, 0.717) is 0 Å². The second-order valence-electron chi connectivity index (χ2n) is 10.1. The van der Waals surface area contributed by atoms with Crippen molar-refractivity contribution in [3.05, 3.63) is 133 Å². The van der Waals surface area contributed by atoms with Gasteiger partial charge in [0.05, 0.1) is 22.1 Å². The first kappa shape index (κ1) is 23.8. The van der Waals surface area contributed by atoms with Crippen molar-refractivity contribution in [3.8, 4) is 0 Å². The minimum Gasteiger partial charge on any atom is -0.313 e. The first-order valence-electron chi connectivity index (χ1n) is 13.2. The first-order valence-corrected chi connectivity index (χ1v) is 13.2. The van der Waals surface area contributed by atoms with Crippen molar-refractivity contribution in [1.29, 1.82) is 0 Å². The van der Waals surface area contributed by atoms with E-state index in [1.54, 1.807) is 0 Å². The average molecular weight is 493 g/mol. The summed E-state index contributed by atoms with van der Waals surface area (Å²) in [7, 11) is 0. The van der Waals surface area contributed by atoms with E-state index in [1.807, 2.05) is 0 Å². The highest BCUT2D eigenvalue weighted by molar-refractivity contribution is 6.10. The molecular weight excluding hydrogens is 460 g/mol. The van der Waals surface area contributed by atoms with Crippen LogP contribution in [0.1, 0.15) is 27.7 Å². The van der Waals surface area contributed by atoms with Crippen LogP contribution in [0.5, 0.6) is 0 Å². The molecule has 0 bridgehead atoms. The molecule has 2 nitrogen and oxygen atoms in total. The van der Waals surface area contributed by atoms with Gasteiger partial charge in [0.15, 0.2) is 0 Å². The number of fused-ring (bicyclic) bond motifs is 6.